The highest BCUT2D eigenvalue weighted by molar-refractivity contribution is 6.23. The van der Waals surface area contributed by atoms with Crippen LogP contribution in [0, 0.1) is 0 Å². The minimum absolute atomic E-state index is 0.154. The van der Waals surface area contributed by atoms with Crippen molar-refractivity contribution in [1.29, 1.82) is 0 Å². The molecule has 0 bridgehead atoms. The van der Waals surface area contributed by atoms with E-state index in [-0.39, 0.29) is 30.8 Å². The average Bonchev–Trinajstić information content (AvgIpc) is 3.24. The molecule has 6 nitrogen and oxygen atoms in total. The number of hydrogen-bond acceptors (Lipinski definition) is 4. The molecule has 0 spiro atoms. The summed E-state index contributed by atoms with van der Waals surface area (Å²) in [6, 6.07) is 11.1. The molecule has 1 fully saturated rings. The Morgan fingerprint density at radius 2 is 1.76 bits per heavy atom. The van der Waals surface area contributed by atoms with Crippen LogP contribution in [-0.2, 0) is 9.53 Å². The molecular formula is C19H18N2O4. The van der Waals surface area contributed by atoms with Gasteiger partial charge in [-0.25, -0.2) is 0 Å². The molecule has 1 saturated heterocycles. The van der Waals surface area contributed by atoms with Crippen molar-refractivity contribution < 1.29 is 19.1 Å². The van der Waals surface area contributed by atoms with Gasteiger partial charge in [-0.2, -0.15) is 0 Å². The predicted octanol–water partition coefficient (Wildman–Crippen LogP) is 1.73. The number of imide groups is 1. The van der Waals surface area contributed by atoms with Crippen LogP contribution in [0.1, 0.15) is 33.6 Å². The van der Waals surface area contributed by atoms with Crippen LogP contribution in [-0.4, -0.2) is 48.4 Å². The van der Waals surface area contributed by atoms with Crippen LogP contribution in [0.4, 0.5) is 0 Å². The molecule has 2 heterocycles. The number of nitrogens with one attached hydrogen (secondary N) is 1. The van der Waals surface area contributed by atoms with Crippen LogP contribution in [0.25, 0.3) is 10.8 Å². The number of carbonyl (C=O) groups excluding carboxylic acids is 3. The summed E-state index contributed by atoms with van der Waals surface area (Å²) in [5, 5.41) is 4.60. The van der Waals surface area contributed by atoms with E-state index in [9.17, 15) is 14.4 Å². The first kappa shape index (κ1) is 15.8. The maximum atomic E-state index is 12.6. The minimum atomic E-state index is -0.410. The smallest absolute Gasteiger partial charge is 0.261 e. The Kier molecular flexibility index (Phi) is 3.97. The predicted molar refractivity (Wildman–Crippen MR) is 91.3 cm³/mol. The van der Waals surface area contributed by atoms with Crippen molar-refractivity contribution in [3.8, 4) is 0 Å². The summed E-state index contributed by atoms with van der Waals surface area (Å²) in [4.78, 5) is 38.2. The molecule has 2 aliphatic rings. The summed E-state index contributed by atoms with van der Waals surface area (Å²) >= 11 is 0. The normalized spacial score (nSPS) is 19.5. The fourth-order valence-electron chi connectivity index (χ4n) is 3.37. The average molecular weight is 338 g/mol. The summed E-state index contributed by atoms with van der Waals surface area (Å²) in [6.45, 7) is 0.981. The van der Waals surface area contributed by atoms with E-state index >= 15 is 0 Å². The van der Waals surface area contributed by atoms with E-state index in [4.69, 9.17) is 4.74 Å². The Hall–Kier alpha value is -2.73. The highest BCUT2D eigenvalue weighted by Gasteiger charge is 2.35. The van der Waals surface area contributed by atoms with Crippen LogP contribution in [0.15, 0.2) is 36.4 Å². The Bertz CT molecular complexity index is 816. The van der Waals surface area contributed by atoms with Crippen molar-refractivity contribution in [2.75, 3.05) is 19.7 Å². The number of carbonyl (C=O) groups is 3. The van der Waals surface area contributed by atoms with E-state index in [2.05, 4.69) is 5.32 Å². The number of rotatable bonds is 4. The number of benzene rings is 2. The number of amides is 3. The third-order valence-corrected chi connectivity index (χ3v) is 4.69. The molecule has 1 atom stereocenters. The maximum absolute atomic E-state index is 12.6. The second kappa shape index (κ2) is 6.29. The Labute approximate surface area is 144 Å². The largest absolute Gasteiger partial charge is 0.368 e. The van der Waals surface area contributed by atoms with Crippen molar-refractivity contribution in [1.82, 2.24) is 10.2 Å². The van der Waals surface area contributed by atoms with Gasteiger partial charge in [0.15, 0.2) is 0 Å². The lowest BCUT2D eigenvalue weighted by Crippen LogP contribution is -2.41. The molecule has 2 aromatic rings. The third kappa shape index (κ3) is 2.78. The summed E-state index contributed by atoms with van der Waals surface area (Å²) in [5.41, 5.74) is 0.850. The molecule has 0 saturated carbocycles. The summed E-state index contributed by atoms with van der Waals surface area (Å²) in [6.07, 6.45) is 1.18. The van der Waals surface area contributed by atoms with Gasteiger partial charge in [0.1, 0.15) is 6.10 Å². The lowest BCUT2D eigenvalue weighted by atomic mass is 10.0. The lowest BCUT2D eigenvalue weighted by molar-refractivity contribution is -0.130. The minimum Gasteiger partial charge on any atom is -0.368 e. The second-order valence-corrected chi connectivity index (χ2v) is 6.30. The van der Waals surface area contributed by atoms with E-state index in [0.29, 0.717) is 24.2 Å². The zero-order valence-electron chi connectivity index (χ0n) is 13.7. The van der Waals surface area contributed by atoms with Crippen LogP contribution in [0.3, 0.4) is 0 Å². The van der Waals surface area contributed by atoms with Gasteiger partial charge in [-0.3, -0.25) is 19.3 Å². The van der Waals surface area contributed by atoms with Gasteiger partial charge in [0, 0.05) is 19.7 Å². The van der Waals surface area contributed by atoms with Gasteiger partial charge in [0.2, 0.25) is 5.91 Å². The van der Waals surface area contributed by atoms with Crippen molar-refractivity contribution in [3.63, 3.8) is 0 Å². The highest BCUT2D eigenvalue weighted by atomic mass is 16.5. The molecule has 1 N–H and O–H groups in total. The fraction of sp³-hybridized carbons (Fsp3) is 0.316. The van der Waals surface area contributed by atoms with Gasteiger partial charge in [-0.15, -0.1) is 0 Å². The first-order valence-electron chi connectivity index (χ1n) is 8.43. The second-order valence-electron chi connectivity index (χ2n) is 6.30. The van der Waals surface area contributed by atoms with Gasteiger partial charge >= 0.3 is 0 Å². The van der Waals surface area contributed by atoms with E-state index < -0.39 is 6.10 Å². The first-order chi connectivity index (χ1) is 12.1. The summed E-state index contributed by atoms with van der Waals surface area (Å²) in [7, 11) is 0. The molecular weight excluding hydrogens is 320 g/mol. The lowest BCUT2D eigenvalue weighted by Gasteiger charge is -2.15. The Morgan fingerprint density at radius 1 is 1.12 bits per heavy atom. The molecule has 6 heteroatoms. The van der Waals surface area contributed by atoms with Crippen molar-refractivity contribution in [3.05, 3.63) is 47.5 Å². The van der Waals surface area contributed by atoms with E-state index in [1.807, 2.05) is 24.3 Å². The van der Waals surface area contributed by atoms with Crippen molar-refractivity contribution in [2.45, 2.75) is 18.9 Å². The topological polar surface area (TPSA) is 75.7 Å². The van der Waals surface area contributed by atoms with E-state index in [1.165, 1.54) is 4.90 Å². The summed E-state index contributed by atoms with van der Waals surface area (Å²) in [5.74, 6) is -0.797. The molecule has 3 amide bonds. The van der Waals surface area contributed by atoms with Gasteiger partial charge in [-0.1, -0.05) is 24.3 Å². The molecule has 1 unspecified atom stereocenters. The first-order valence-corrected chi connectivity index (χ1v) is 8.43. The number of fused-ring (bicyclic) bond motifs is 2. The van der Waals surface area contributed by atoms with Crippen molar-refractivity contribution >= 4 is 28.5 Å². The van der Waals surface area contributed by atoms with Crippen LogP contribution in [0.2, 0.25) is 0 Å². The highest BCUT2D eigenvalue weighted by Crippen LogP contribution is 2.27. The van der Waals surface area contributed by atoms with Crippen LogP contribution < -0.4 is 5.32 Å². The number of nitrogens with zero attached hydrogens (tertiary/aromatic N) is 1. The number of hydrogen-bond donors (Lipinski definition) is 1. The molecule has 2 aromatic carbocycles. The zero-order valence-corrected chi connectivity index (χ0v) is 13.7. The maximum Gasteiger partial charge on any atom is 0.261 e. The van der Waals surface area contributed by atoms with Crippen molar-refractivity contribution in [2.24, 2.45) is 0 Å². The van der Waals surface area contributed by atoms with Gasteiger partial charge in [0.25, 0.3) is 11.8 Å². The van der Waals surface area contributed by atoms with Gasteiger partial charge in [-0.05, 0) is 35.7 Å². The van der Waals surface area contributed by atoms with E-state index in [0.717, 1.165) is 17.2 Å². The Balaban J connectivity index is 1.46. The standard InChI is InChI=1S/C19H18N2O4/c22-17(16-6-3-9-25-16)20-7-8-21-18(23)14-10-12-4-1-2-5-13(12)11-15(14)19(21)24/h1-2,4-5,10-11,16H,3,6-9H2,(H,20,22). The number of ether oxygens (including phenoxy) is 1. The molecule has 0 radical (unpaired) electrons. The summed E-state index contributed by atoms with van der Waals surface area (Å²) < 4.78 is 5.31. The van der Waals surface area contributed by atoms with E-state index in [1.54, 1.807) is 12.1 Å². The third-order valence-electron chi connectivity index (χ3n) is 4.69. The van der Waals surface area contributed by atoms with Crippen LogP contribution in [0.5, 0.6) is 0 Å². The zero-order chi connectivity index (χ0) is 17.4. The quantitative estimate of drug-likeness (QED) is 0.862. The monoisotopic (exact) mass is 338 g/mol. The molecule has 0 aliphatic carbocycles. The SMILES string of the molecule is O=C(NCCN1C(=O)c2cc3ccccc3cc2C1=O)C1CCCO1. The molecule has 25 heavy (non-hydrogen) atoms. The fourth-order valence-corrected chi connectivity index (χ4v) is 3.37. The van der Waals surface area contributed by atoms with Gasteiger partial charge in [0.05, 0.1) is 11.1 Å². The Morgan fingerprint density at radius 3 is 2.32 bits per heavy atom. The molecule has 0 aromatic heterocycles. The molecule has 128 valence electrons. The van der Waals surface area contributed by atoms with Gasteiger partial charge < -0.3 is 10.1 Å². The molecule has 4 rings (SSSR count). The van der Waals surface area contributed by atoms with Crippen LogP contribution >= 0.6 is 0 Å². The molecule has 2 aliphatic heterocycles.